The summed E-state index contributed by atoms with van der Waals surface area (Å²) in [5.41, 5.74) is 1.12. The molecule has 1 N–H and O–H groups in total. The van der Waals surface area contributed by atoms with E-state index in [0.717, 1.165) is 50.7 Å². The smallest absolute Gasteiger partial charge is 0.209 e. The molecule has 0 atom stereocenters. The Morgan fingerprint density at radius 1 is 1.35 bits per heavy atom. The SMILES string of the molecule is COc1c(Br)cc(Br)cc1CNCCCSc1nnnn1C.Cl. The number of tetrazole rings is 1. The molecule has 0 radical (unpaired) electrons. The van der Waals surface area contributed by atoms with Crippen molar-refractivity contribution in [2.45, 2.75) is 18.1 Å². The third-order valence-electron chi connectivity index (χ3n) is 2.92. The van der Waals surface area contributed by atoms with Crippen LogP contribution < -0.4 is 10.1 Å². The average molecular weight is 488 g/mol. The Morgan fingerprint density at radius 2 is 2.13 bits per heavy atom. The molecule has 10 heteroatoms. The molecule has 1 aromatic heterocycles. The van der Waals surface area contributed by atoms with E-state index in [1.807, 2.05) is 13.1 Å². The number of nitrogens with zero attached hydrogens (tertiary/aromatic N) is 4. The number of halogens is 3. The highest BCUT2D eigenvalue weighted by Gasteiger charge is 2.09. The number of ether oxygens (including phenoxy) is 1. The highest BCUT2D eigenvalue weighted by atomic mass is 79.9. The third kappa shape index (κ3) is 6.22. The molecule has 0 aliphatic rings. The van der Waals surface area contributed by atoms with Crippen LogP contribution in [0, 0.1) is 0 Å². The Morgan fingerprint density at radius 3 is 2.78 bits per heavy atom. The molecule has 2 rings (SSSR count). The Kier molecular flexibility index (Phi) is 9.45. The van der Waals surface area contributed by atoms with Gasteiger partial charge in [-0.05, 0) is 51.5 Å². The molecule has 0 unspecified atom stereocenters. The van der Waals surface area contributed by atoms with Crippen LogP contribution in [0.4, 0.5) is 0 Å². The molecule has 0 spiro atoms. The van der Waals surface area contributed by atoms with Gasteiger partial charge in [-0.25, -0.2) is 4.68 Å². The van der Waals surface area contributed by atoms with Gasteiger partial charge < -0.3 is 10.1 Å². The van der Waals surface area contributed by atoms with Crippen LogP contribution in [0.2, 0.25) is 0 Å². The van der Waals surface area contributed by atoms with Crippen LogP contribution in [0.5, 0.6) is 5.75 Å². The molecule has 0 aliphatic carbocycles. The van der Waals surface area contributed by atoms with Gasteiger partial charge in [0.15, 0.2) is 0 Å². The van der Waals surface area contributed by atoms with Crippen molar-refractivity contribution in [3.63, 3.8) is 0 Å². The number of hydrogen-bond acceptors (Lipinski definition) is 6. The number of benzene rings is 1. The maximum atomic E-state index is 5.43. The van der Waals surface area contributed by atoms with Crippen LogP contribution in [0.3, 0.4) is 0 Å². The molecular formula is C13H18Br2ClN5OS. The summed E-state index contributed by atoms with van der Waals surface area (Å²) in [5.74, 6) is 1.84. The van der Waals surface area contributed by atoms with E-state index in [1.165, 1.54) is 0 Å². The molecular weight excluding hydrogens is 470 g/mol. The third-order valence-corrected chi connectivity index (χ3v) is 5.06. The fraction of sp³-hybridized carbons (Fsp3) is 0.462. The highest BCUT2D eigenvalue weighted by molar-refractivity contribution is 9.11. The molecule has 1 heterocycles. The van der Waals surface area contributed by atoms with Crippen LogP contribution in [-0.2, 0) is 13.6 Å². The van der Waals surface area contributed by atoms with Crippen molar-refractivity contribution >= 4 is 56.0 Å². The van der Waals surface area contributed by atoms with Crippen molar-refractivity contribution < 1.29 is 4.74 Å². The number of aromatic nitrogens is 4. The van der Waals surface area contributed by atoms with Crippen LogP contribution in [0.15, 0.2) is 26.2 Å². The van der Waals surface area contributed by atoms with Crippen LogP contribution >= 0.6 is 56.0 Å². The summed E-state index contributed by atoms with van der Waals surface area (Å²) in [7, 11) is 3.53. The van der Waals surface area contributed by atoms with E-state index in [2.05, 4.69) is 58.8 Å². The van der Waals surface area contributed by atoms with Gasteiger partial charge in [-0.15, -0.1) is 17.5 Å². The number of nitrogens with one attached hydrogen (secondary N) is 1. The van der Waals surface area contributed by atoms with E-state index in [4.69, 9.17) is 4.74 Å². The molecule has 23 heavy (non-hydrogen) atoms. The monoisotopic (exact) mass is 485 g/mol. The van der Waals surface area contributed by atoms with E-state index in [1.54, 1.807) is 23.6 Å². The van der Waals surface area contributed by atoms with Crippen molar-refractivity contribution in [1.29, 1.82) is 0 Å². The summed E-state index contributed by atoms with van der Waals surface area (Å²) in [6.45, 7) is 1.68. The quantitative estimate of drug-likeness (QED) is 0.455. The molecule has 2 aromatic rings. The minimum Gasteiger partial charge on any atom is -0.495 e. The molecule has 0 fully saturated rings. The molecule has 1 aromatic carbocycles. The molecule has 0 saturated heterocycles. The molecule has 0 amide bonds. The minimum absolute atomic E-state index is 0. The van der Waals surface area contributed by atoms with E-state index < -0.39 is 0 Å². The lowest BCUT2D eigenvalue weighted by Crippen LogP contribution is -2.16. The topological polar surface area (TPSA) is 64.9 Å². The van der Waals surface area contributed by atoms with Crippen LogP contribution in [0.1, 0.15) is 12.0 Å². The van der Waals surface area contributed by atoms with Gasteiger partial charge in [-0.3, -0.25) is 0 Å². The van der Waals surface area contributed by atoms with Crippen LogP contribution in [-0.4, -0.2) is 39.6 Å². The Balaban J connectivity index is 0.00000264. The van der Waals surface area contributed by atoms with Gasteiger partial charge in [-0.2, -0.15) is 0 Å². The van der Waals surface area contributed by atoms with Gasteiger partial charge in [0.2, 0.25) is 5.16 Å². The van der Waals surface area contributed by atoms with Gasteiger partial charge in [0, 0.05) is 29.4 Å². The fourth-order valence-corrected chi connectivity index (χ4v) is 4.17. The van der Waals surface area contributed by atoms with E-state index in [-0.39, 0.29) is 12.4 Å². The first-order chi connectivity index (χ1) is 10.6. The summed E-state index contributed by atoms with van der Waals surface area (Å²) in [4.78, 5) is 0. The van der Waals surface area contributed by atoms with Gasteiger partial charge in [0.25, 0.3) is 0 Å². The minimum atomic E-state index is 0. The lowest BCUT2D eigenvalue weighted by atomic mass is 10.2. The van der Waals surface area contributed by atoms with Gasteiger partial charge >= 0.3 is 0 Å². The first-order valence-electron chi connectivity index (χ1n) is 6.69. The number of thioether (sulfide) groups is 1. The Bertz CT molecular complexity index is 628. The summed E-state index contributed by atoms with van der Waals surface area (Å²) >= 11 is 8.67. The second-order valence-electron chi connectivity index (χ2n) is 4.54. The van der Waals surface area contributed by atoms with E-state index >= 15 is 0 Å². The second-order valence-corrected chi connectivity index (χ2v) is 7.38. The fourth-order valence-electron chi connectivity index (χ4n) is 1.90. The van der Waals surface area contributed by atoms with Crippen molar-refractivity contribution in [3.05, 3.63) is 26.6 Å². The Hall–Kier alpha value is -0.350. The first kappa shape index (κ1) is 20.7. The highest BCUT2D eigenvalue weighted by Crippen LogP contribution is 2.32. The zero-order chi connectivity index (χ0) is 15.9. The summed E-state index contributed by atoms with van der Waals surface area (Å²) in [5, 5.41) is 15.6. The van der Waals surface area contributed by atoms with Gasteiger partial charge in [-0.1, -0.05) is 27.7 Å². The van der Waals surface area contributed by atoms with Crippen molar-refractivity contribution in [3.8, 4) is 5.75 Å². The summed E-state index contributed by atoms with van der Waals surface area (Å²) in [6.07, 6.45) is 1.04. The maximum Gasteiger partial charge on any atom is 0.209 e. The van der Waals surface area contributed by atoms with Crippen molar-refractivity contribution in [2.75, 3.05) is 19.4 Å². The number of hydrogen-bond donors (Lipinski definition) is 1. The summed E-state index contributed by atoms with van der Waals surface area (Å²) in [6, 6.07) is 4.05. The lowest BCUT2D eigenvalue weighted by Gasteiger charge is -2.12. The first-order valence-corrected chi connectivity index (χ1v) is 9.26. The largest absolute Gasteiger partial charge is 0.495 e. The second kappa shape index (κ2) is 10.5. The molecule has 0 aliphatic heterocycles. The maximum absolute atomic E-state index is 5.43. The number of methoxy groups -OCH3 is 1. The molecule has 0 saturated carbocycles. The van der Waals surface area contributed by atoms with Crippen LogP contribution in [0.25, 0.3) is 0 Å². The lowest BCUT2D eigenvalue weighted by molar-refractivity contribution is 0.405. The summed E-state index contributed by atoms with van der Waals surface area (Å²) < 4.78 is 9.10. The van der Waals surface area contributed by atoms with Crippen molar-refractivity contribution in [2.24, 2.45) is 7.05 Å². The molecule has 6 nitrogen and oxygen atoms in total. The standard InChI is InChI=1S/C13H17Br2N5OS.ClH/c1-20-13(17-18-19-20)22-5-3-4-16-8-9-6-10(14)7-11(15)12(9)21-2;/h6-7,16H,3-5,8H2,1-2H3;1H. The molecule has 128 valence electrons. The normalized spacial score (nSPS) is 10.4. The zero-order valence-electron chi connectivity index (χ0n) is 12.8. The number of aryl methyl sites for hydroxylation is 1. The van der Waals surface area contributed by atoms with Gasteiger partial charge in [0.1, 0.15) is 5.75 Å². The molecule has 0 bridgehead atoms. The van der Waals surface area contributed by atoms with Gasteiger partial charge in [0.05, 0.1) is 11.6 Å². The predicted molar refractivity (Wildman–Crippen MR) is 101 cm³/mol. The predicted octanol–water partition coefficient (Wildman–Crippen LogP) is 3.44. The zero-order valence-corrected chi connectivity index (χ0v) is 17.6. The van der Waals surface area contributed by atoms with E-state index in [9.17, 15) is 0 Å². The number of rotatable bonds is 8. The van der Waals surface area contributed by atoms with Crippen molar-refractivity contribution in [1.82, 2.24) is 25.5 Å². The average Bonchev–Trinajstić information content (AvgIpc) is 2.87. The van der Waals surface area contributed by atoms with E-state index in [0.29, 0.717) is 0 Å². The Labute approximate surface area is 162 Å².